The summed E-state index contributed by atoms with van der Waals surface area (Å²) in [6.45, 7) is 0. The van der Waals surface area contributed by atoms with Crippen molar-refractivity contribution in [2.75, 3.05) is 5.73 Å². The number of nitrogen functional groups attached to an aromatic ring is 1. The Labute approximate surface area is 123 Å². The van der Waals surface area contributed by atoms with Crippen molar-refractivity contribution in [3.63, 3.8) is 0 Å². The largest absolute Gasteiger partial charge is 0.399 e. The van der Waals surface area contributed by atoms with Crippen molar-refractivity contribution in [2.45, 2.75) is 25.3 Å². The number of amides is 1. The predicted octanol–water partition coefficient (Wildman–Crippen LogP) is 3.22. The highest BCUT2D eigenvalue weighted by molar-refractivity contribution is 5.94. The highest BCUT2D eigenvalue weighted by Gasteiger charge is 2.22. The van der Waals surface area contributed by atoms with Gasteiger partial charge in [0, 0.05) is 11.3 Å². The summed E-state index contributed by atoms with van der Waals surface area (Å²) in [7, 11) is 0. The van der Waals surface area contributed by atoms with Gasteiger partial charge in [0.1, 0.15) is 5.82 Å². The molecule has 0 saturated carbocycles. The van der Waals surface area contributed by atoms with Crippen molar-refractivity contribution in [3.8, 4) is 0 Å². The van der Waals surface area contributed by atoms with Gasteiger partial charge in [-0.2, -0.15) is 0 Å². The lowest BCUT2D eigenvalue weighted by Crippen LogP contribution is -2.31. The lowest BCUT2D eigenvalue weighted by atomic mass is 9.87. The summed E-state index contributed by atoms with van der Waals surface area (Å²) in [5, 5.41) is 3.03. The zero-order chi connectivity index (χ0) is 14.8. The first-order valence-electron chi connectivity index (χ1n) is 7.08. The van der Waals surface area contributed by atoms with Crippen LogP contribution in [0, 0.1) is 5.82 Å². The van der Waals surface area contributed by atoms with Crippen LogP contribution in [0.5, 0.6) is 0 Å². The summed E-state index contributed by atoms with van der Waals surface area (Å²) in [4.78, 5) is 12.2. The molecule has 2 aromatic carbocycles. The number of aryl methyl sites for hydroxylation is 1. The molecular weight excluding hydrogens is 267 g/mol. The molecule has 3 N–H and O–H groups in total. The van der Waals surface area contributed by atoms with Crippen molar-refractivity contribution in [1.82, 2.24) is 5.32 Å². The predicted molar refractivity (Wildman–Crippen MR) is 80.4 cm³/mol. The van der Waals surface area contributed by atoms with E-state index in [1.807, 2.05) is 18.2 Å². The first-order valence-corrected chi connectivity index (χ1v) is 7.08. The number of nitrogens with one attached hydrogen (secondary N) is 1. The molecule has 1 atom stereocenters. The molecule has 1 aliphatic rings. The first-order chi connectivity index (χ1) is 10.1. The molecule has 0 heterocycles. The highest BCUT2D eigenvalue weighted by Crippen LogP contribution is 2.31. The van der Waals surface area contributed by atoms with E-state index in [1.165, 1.54) is 29.8 Å². The van der Waals surface area contributed by atoms with Crippen molar-refractivity contribution < 1.29 is 9.18 Å². The fourth-order valence-corrected chi connectivity index (χ4v) is 2.83. The van der Waals surface area contributed by atoms with E-state index in [4.69, 9.17) is 5.73 Å². The lowest BCUT2D eigenvalue weighted by molar-refractivity contribution is 0.0932. The van der Waals surface area contributed by atoms with E-state index in [2.05, 4.69) is 5.32 Å². The topological polar surface area (TPSA) is 55.1 Å². The van der Waals surface area contributed by atoms with Crippen LogP contribution in [0.1, 0.15) is 40.4 Å². The summed E-state index contributed by atoms with van der Waals surface area (Å²) in [6, 6.07) is 11.4. The second kappa shape index (κ2) is 5.56. The fraction of sp³-hybridized carbons (Fsp3) is 0.235. The Kier molecular flexibility index (Phi) is 3.60. The number of hydrogen-bond acceptors (Lipinski definition) is 2. The molecule has 0 radical (unpaired) electrons. The summed E-state index contributed by atoms with van der Waals surface area (Å²) in [5.74, 6) is -0.519. The molecule has 0 saturated heterocycles. The van der Waals surface area contributed by atoms with Crippen molar-refractivity contribution in [3.05, 3.63) is 65.0 Å². The third-order valence-corrected chi connectivity index (χ3v) is 3.89. The van der Waals surface area contributed by atoms with E-state index < -0.39 is 0 Å². The van der Waals surface area contributed by atoms with Gasteiger partial charge in [0.25, 0.3) is 5.91 Å². The van der Waals surface area contributed by atoms with Gasteiger partial charge in [-0.05, 0) is 66.8 Å². The third-order valence-electron chi connectivity index (χ3n) is 3.89. The highest BCUT2D eigenvalue weighted by atomic mass is 19.1. The minimum atomic E-state index is -0.343. The van der Waals surface area contributed by atoms with Crippen LogP contribution in [-0.4, -0.2) is 5.91 Å². The molecule has 0 aliphatic heterocycles. The van der Waals surface area contributed by atoms with Gasteiger partial charge in [-0.1, -0.05) is 6.07 Å². The van der Waals surface area contributed by atoms with E-state index in [1.54, 1.807) is 0 Å². The van der Waals surface area contributed by atoms with E-state index in [9.17, 15) is 9.18 Å². The smallest absolute Gasteiger partial charge is 0.251 e. The quantitative estimate of drug-likeness (QED) is 0.832. The Bertz CT molecular complexity index is 667. The Morgan fingerprint density at radius 3 is 2.71 bits per heavy atom. The lowest BCUT2D eigenvalue weighted by Gasteiger charge is -2.26. The summed E-state index contributed by atoms with van der Waals surface area (Å²) < 4.78 is 12.9. The van der Waals surface area contributed by atoms with Crippen molar-refractivity contribution >= 4 is 11.6 Å². The van der Waals surface area contributed by atoms with Crippen LogP contribution in [0.4, 0.5) is 10.1 Å². The molecule has 108 valence electrons. The average Bonchev–Trinajstić information content (AvgIpc) is 2.47. The molecule has 3 rings (SSSR count). The Hall–Kier alpha value is -2.36. The summed E-state index contributed by atoms with van der Waals surface area (Å²) in [5.41, 5.74) is 9.36. The van der Waals surface area contributed by atoms with Crippen molar-refractivity contribution in [2.24, 2.45) is 0 Å². The summed E-state index contributed by atoms with van der Waals surface area (Å²) in [6.07, 6.45) is 2.91. The zero-order valence-corrected chi connectivity index (χ0v) is 11.6. The van der Waals surface area contributed by atoms with Gasteiger partial charge >= 0.3 is 0 Å². The number of hydrogen-bond donors (Lipinski definition) is 2. The number of benzene rings is 2. The van der Waals surface area contributed by atoms with Crippen LogP contribution in [-0.2, 0) is 6.42 Å². The number of anilines is 1. The van der Waals surface area contributed by atoms with Gasteiger partial charge in [-0.3, -0.25) is 4.79 Å². The maximum atomic E-state index is 12.9. The minimum Gasteiger partial charge on any atom is -0.399 e. The van der Waals surface area contributed by atoms with Crippen LogP contribution in [0.15, 0.2) is 42.5 Å². The maximum absolute atomic E-state index is 12.9. The van der Waals surface area contributed by atoms with E-state index in [0.29, 0.717) is 5.56 Å². The maximum Gasteiger partial charge on any atom is 0.251 e. The van der Waals surface area contributed by atoms with Crippen LogP contribution < -0.4 is 11.1 Å². The van der Waals surface area contributed by atoms with Crippen LogP contribution >= 0.6 is 0 Å². The molecular formula is C17H17FN2O. The number of rotatable bonds is 2. The monoisotopic (exact) mass is 284 g/mol. The SMILES string of the molecule is Nc1ccc2c(c1)CCCC2NC(=O)c1ccc(F)cc1. The normalized spacial score (nSPS) is 17.1. The zero-order valence-electron chi connectivity index (χ0n) is 11.6. The molecule has 0 spiro atoms. The van der Waals surface area contributed by atoms with Crippen LogP contribution in [0.3, 0.4) is 0 Å². The molecule has 1 unspecified atom stereocenters. The van der Waals surface area contributed by atoms with Gasteiger partial charge in [0.2, 0.25) is 0 Å². The van der Waals surface area contributed by atoms with E-state index >= 15 is 0 Å². The minimum absolute atomic E-state index is 0.00750. The Balaban J connectivity index is 1.80. The molecule has 0 fully saturated rings. The van der Waals surface area contributed by atoms with E-state index in [-0.39, 0.29) is 17.8 Å². The van der Waals surface area contributed by atoms with Crippen LogP contribution in [0.2, 0.25) is 0 Å². The molecule has 21 heavy (non-hydrogen) atoms. The second-order valence-electron chi connectivity index (χ2n) is 5.38. The van der Waals surface area contributed by atoms with E-state index in [0.717, 1.165) is 30.5 Å². The van der Waals surface area contributed by atoms with Crippen LogP contribution in [0.25, 0.3) is 0 Å². The van der Waals surface area contributed by atoms with Gasteiger partial charge < -0.3 is 11.1 Å². The second-order valence-corrected chi connectivity index (χ2v) is 5.38. The molecule has 1 aliphatic carbocycles. The number of halogens is 1. The molecule has 2 aromatic rings. The van der Waals surface area contributed by atoms with Gasteiger partial charge in [-0.15, -0.1) is 0 Å². The molecule has 1 amide bonds. The number of fused-ring (bicyclic) bond motifs is 1. The third kappa shape index (κ3) is 2.89. The standard InChI is InChI=1S/C17H17FN2O/c18-13-6-4-11(5-7-13)17(21)20-16-3-1-2-12-10-14(19)8-9-15(12)16/h4-10,16H,1-3,19H2,(H,20,21). The van der Waals surface area contributed by atoms with Gasteiger partial charge in [-0.25, -0.2) is 4.39 Å². The summed E-state index contributed by atoms with van der Waals surface area (Å²) >= 11 is 0. The number of nitrogens with two attached hydrogens (primary N) is 1. The number of carbonyl (C=O) groups is 1. The first kappa shape index (κ1) is 13.6. The van der Waals surface area contributed by atoms with Gasteiger partial charge in [0.15, 0.2) is 0 Å². The molecule has 4 heteroatoms. The van der Waals surface area contributed by atoms with Crippen molar-refractivity contribution in [1.29, 1.82) is 0 Å². The average molecular weight is 284 g/mol. The number of carbonyl (C=O) groups excluding carboxylic acids is 1. The molecule has 0 aromatic heterocycles. The molecule has 3 nitrogen and oxygen atoms in total. The Morgan fingerprint density at radius 1 is 1.19 bits per heavy atom. The molecule has 0 bridgehead atoms. The Morgan fingerprint density at radius 2 is 1.95 bits per heavy atom. The fourth-order valence-electron chi connectivity index (χ4n) is 2.83. The van der Waals surface area contributed by atoms with Gasteiger partial charge in [0.05, 0.1) is 6.04 Å².